The molecule has 1 atom stereocenters. The molecule has 1 N–H and O–H groups in total. The van der Waals surface area contributed by atoms with Gasteiger partial charge < -0.3 is 14.2 Å². The highest BCUT2D eigenvalue weighted by atomic mass is 32.2. The number of hydrogen-bond donors (Lipinski definition) is 1. The van der Waals surface area contributed by atoms with Gasteiger partial charge in [-0.25, -0.2) is 8.42 Å². The molecule has 8 nitrogen and oxygen atoms in total. The minimum absolute atomic E-state index is 0.305. The molecule has 9 heteroatoms. The zero-order chi connectivity index (χ0) is 23.8. The lowest BCUT2D eigenvalue weighted by Crippen LogP contribution is -2.44. The van der Waals surface area contributed by atoms with Crippen molar-refractivity contribution in [3.63, 3.8) is 0 Å². The Hall–Kier alpha value is -3.17. The Bertz CT molecular complexity index is 1110. The zero-order valence-corrected chi connectivity index (χ0v) is 19.3. The van der Waals surface area contributed by atoms with Gasteiger partial charge in [-0.05, 0) is 35.8 Å². The highest BCUT2D eigenvalue weighted by Gasteiger charge is 2.28. The van der Waals surface area contributed by atoms with Crippen molar-refractivity contribution >= 4 is 27.9 Å². The van der Waals surface area contributed by atoms with E-state index in [0.717, 1.165) is 11.8 Å². The van der Waals surface area contributed by atoms with Crippen LogP contribution in [0.1, 0.15) is 36.2 Å². The van der Waals surface area contributed by atoms with Crippen molar-refractivity contribution in [1.29, 1.82) is 0 Å². The molecule has 0 fully saturated rings. The molecule has 1 heterocycles. The van der Waals surface area contributed by atoms with Gasteiger partial charge in [0, 0.05) is 17.4 Å². The van der Waals surface area contributed by atoms with Crippen LogP contribution in [-0.4, -0.2) is 46.0 Å². The summed E-state index contributed by atoms with van der Waals surface area (Å²) in [6.45, 7) is 3.85. The van der Waals surface area contributed by atoms with Crippen LogP contribution >= 0.6 is 0 Å². The second-order valence-electron chi connectivity index (χ2n) is 7.84. The van der Waals surface area contributed by atoms with Crippen molar-refractivity contribution in [2.45, 2.75) is 26.3 Å². The molecule has 1 aliphatic heterocycles. The van der Waals surface area contributed by atoms with Crippen LogP contribution in [0.4, 0.5) is 0 Å². The van der Waals surface area contributed by atoms with Gasteiger partial charge >= 0.3 is 5.97 Å². The van der Waals surface area contributed by atoms with Crippen molar-refractivity contribution in [1.82, 2.24) is 4.72 Å². The Labute approximate surface area is 193 Å². The SMILES string of the molecule is CC(C)[C@H](NS(=O)(=O)/C=C/c1ccccc1)C(=O)OCC(=O)c1ccc2c(c1)OCCCO2. The van der Waals surface area contributed by atoms with Gasteiger partial charge in [-0.2, -0.15) is 4.72 Å². The van der Waals surface area contributed by atoms with Crippen LogP contribution in [0.2, 0.25) is 0 Å². The number of carbonyl (C=O) groups excluding carboxylic acids is 2. The molecule has 0 aliphatic carbocycles. The third-order valence-electron chi connectivity index (χ3n) is 4.87. The number of sulfonamides is 1. The van der Waals surface area contributed by atoms with E-state index in [1.54, 1.807) is 56.3 Å². The topological polar surface area (TPSA) is 108 Å². The summed E-state index contributed by atoms with van der Waals surface area (Å²) in [4.78, 5) is 25.1. The van der Waals surface area contributed by atoms with Gasteiger partial charge in [0.15, 0.2) is 23.9 Å². The summed E-state index contributed by atoms with van der Waals surface area (Å²) < 4.78 is 43.5. The fourth-order valence-corrected chi connectivity index (χ4v) is 4.19. The van der Waals surface area contributed by atoms with Crippen LogP contribution in [0.5, 0.6) is 11.5 Å². The molecule has 0 aromatic heterocycles. The van der Waals surface area contributed by atoms with Gasteiger partial charge in [-0.1, -0.05) is 44.2 Å². The Morgan fingerprint density at radius 3 is 2.45 bits per heavy atom. The molecule has 0 unspecified atom stereocenters. The summed E-state index contributed by atoms with van der Waals surface area (Å²) in [5.74, 6) is -0.648. The number of ketones is 1. The van der Waals surface area contributed by atoms with Crippen LogP contribution in [0.3, 0.4) is 0 Å². The van der Waals surface area contributed by atoms with Crippen LogP contribution < -0.4 is 14.2 Å². The average Bonchev–Trinajstić information content (AvgIpc) is 3.05. The average molecular weight is 474 g/mol. The summed E-state index contributed by atoms with van der Waals surface area (Å²) in [7, 11) is -3.92. The Morgan fingerprint density at radius 1 is 1.06 bits per heavy atom. The Kier molecular flexibility index (Phi) is 8.24. The predicted octanol–water partition coefficient (Wildman–Crippen LogP) is 3.19. The highest BCUT2D eigenvalue weighted by molar-refractivity contribution is 7.92. The summed E-state index contributed by atoms with van der Waals surface area (Å²) >= 11 is 0. The lowest BCUT2D eigenvalue weighted by Gasteiger charge is -2.19. The number of rotatable bonds is 9. The molecular weight excluding hydrogens is 446 g/mol. The maximum Gasteiger partial charge on any atom is 0.324 e. The maximum absolute atomic E-state index is 12.6. The van der Waals surface area contributed by atoms with E-state index in [0.29, 0.717) is 35.8 Å². The van der Waals surface area contributed by atoms with E-state index in [1.807, 2.05) is 6.07 Å². The van der Waals surface area contributed by atoms with E-state index in [9.17, 15) is 18.0 Å². The monoisotopic (exact) mass is 473 g/mol. The van der Waals surface area contributed by atoms with Gasteiger partial charge in [0.05, 0.1) is 13.2 Å². The number of esters is 1. The summed E-state index contributed by atoms with van der Waals surface area (Å²) in [6.07, 6.45) is 2.17. The molecule has 2 aromatic rings. The molecule has 176 valence electrons. The van der Waals surface area contributed by atoms with Crippen LogP contribution in [0.25, 0.3) is 6.08 Å². The third kappa shape index (κ3) is 7.16. The summed E-state index contributed by atoms with van der Waals surface area (Å²) in [5.41, 5.74) is 1.01. The lowest BCUT2D eigenvalue weighted by molar-refractivity contribution is -0.145. The number of Topliss-reactive ketones (excluding diaryl/α,β-unsaturated/α-hetero) is 1. The molecule has 2 aromatic carbocycles. The molecule has 0 radical (unpaired) electrons. The first-order chi connectivity index (χ1) is 15.7. The fraction of sp³-hybridized carbons (Fsp3) is 0.333. The first-order valence-electron chi connectivity index (χ1n) is 10.6. The molecule has 0 amide bonds. The zero-order valence-electron chi connectivity index (χ0n) is 18.5. The van der Waals surface area contributed by atoms with Crippen molar-refractivity contribution < 1.29 is 32.2 Å². The highest BCUT2D eigenvalue weighted by Crippen LogP contribution is 2.30. The smallest absolute Gasteiger partial charge is 0.324 e. The van der Waals surface area contributed by atoms with E-state index in [4.69, 9.17) is 14.2 Å². The molecule has 33 heavy (non-hydrogen) atoms. The fourth-order valence-electron chi connectivity index (χ4n) is 3.05. The number of benzene rings is 2. The van der Waals surface area contributed by atoms with Gasteiger partial charge in [-0.15, -0.1) is 0 Å². The molecule has 0 saturated heterocycles. The molecule has 3 rings (SSSR count). The Morgan fingerprint density at radius 2 is 1.76 bits per heavy atom. The summed E-state index contributed by atoms with van der Waals surface area (Å²) in [5, 5.41) is 0.994. The summed E-state index contributed by atoms with van der Waals surface area (Å²) in [6, 6.07) is 12.5. The minimum Gasteiger partial charge on any atom is -0.490 e. The van der Waals surface area contributed by atoms with Crippen LogP contribution in [-0.2, 0) is 19.6 Å². The van der Waals surface area contributed by atoms with Gasteiger partial charge in [-0.3, -0.25) is 9.59 Å². The standard InChI is InChI=1S/C24H27NO7S/c1-17(2)23(25-33(28,29)14-11-18-7-4-3-5-8-18)24(27)32-16-20(26)19-9-10-21-22(15-19)31-13-6-12-30-21/h3-5,7-11,14-15,17,23,25H,6,12-13,16H2,1-2H3/b14-11+/t23-/m0/s1. The van der Waals surface area contributed by atoms with Crippen molar-refractivity contribution in [3.05, 3.63) is 65.1 Å². The number of hydrogen-bond acceptors (Lipinski definition) is 7. The first-order valence-corrected chi connectivity index (χ1v) is 12.1. The normalized spacial score (nSPS) is 14.6. The predicted molar refractivity (Wildman–Crippen MR) is 123 cm³/mol. The van der Waals surface area contributed by atoms with Crippen LogP contribution in [0.15, 0.2) is 53.9 Å². The minimum atomic E-state index is -3.92. The molecule has 0 spiro atoms. The second kappa shape index (κ2) is 11.1. The van der Waals surface area contributed by atoms with E-state index in [2.05, 4.69) is 4.72 Å². The van der Waals surface area contributed by atoms with E-state index >= 15 is 0 Å². The van der Waals surface area contributed by atoms with Gasteiger partial charge in [0.1, 0.15) is 6.04 Å². The largest absolute Gasteiger partial charge is 0.490 e. The van der Waals surface area contributed by atoms with E-state index in [-0.39, 0.29) is 0 Å². The maximum atomic E-state index is 12.6. The first kappa shape index (κ1) is 24.5. The second-order valence-corrected chi connectivity index (χ2v) is 9.44. The number of nitrogens with one attached hydrogen (secondary N) is 1. The number of fused-ring (bicyclic) bond motifs is 1. The van der Waals surface area contributed by atoms with Crippen molar-refractivity contribution in [3.8, 4) is 11.5 Å². The molecule has 1 aliphatic rings. The van der Waals surface area contributed by atoms with E-state index < -0.39 is 40.3 Å². The van der Waals surface area contributed by atoms with Gasteiger partial charge in [0.2, 0.25) is 10.0 Å². The quantitative estimate of drug-likeness (QED) is 0.440. The number of carbonyl (C=O) groups is 2. The van der Waals surface area contributed by atoms with Crippen molar-refractivity contribution in [2.75, 3.05) is 19.8 Å². The number of ether oxygens (including phenoxy) is 3. The third-order valence-corrected chi connectivity index (χ3v) is 5.94. The lowest BCUT2D eigenvalue weighted by atomic mass is 10.1. The van der Waals surface area contributed by atoms with Crippen molar-refractivity contribution in [2.24, 2.45) is 5.92 Å². The Balaban J connectivity index is 1.61. The van der Waals surface area contributed by atoms with E-state index in [1.165, 1.54) is 6.08 Å². The molecular formula is C24H27NO7S. The van der Waals surface area contributed by atoms with Gasteiger partial charge in [0.25, 0.3) is 0 Å². The van der Waals surface area contributed by atoms with Crippen LogP contribution in [0, 0.1) is 5.92 Å². The molecule has 0 saturated carbocycles. The molecule has 0 bridgehead atoms.